The number of aryl methyl sites for hydroxylation is 1. The van der Waals surface area contributed by atoms with Crippen molar-refractivity contribution >= 4 is 5.78 Å². The molecule has 0 atom stereocenters. The van der Waals surface area contributed by atoms with Crippen molar-refractivity contribution < 1.29 is 24.3 Å². The second kappa shape index (κ2) is 8.12. The summed E-state index contributed by atoms with van der Waals surface area (Å²) < 4.78 is 12.0. The lowest BCUT2D eigenvalue weighted by Crippen LogP contribution is -2.21. The minimum Gasteiger partial charge on any atom is -0.503 e. The first kappa shape index (κ1) is 22.1. The number of carbonyl (C=O) groups is 1. The number of ether oxygens (including phenoxy) is 1. The minimum absolute atomic E-state index is 0.0300. The number of para-hydroxylation sites is 1. The van der Waals surface area contributed by atoms with Crippen LogP contribution in [0.3, 0.4) is 0 Å². The Kier molecular flexibility index (Phi) is 5.45. The highest BCUT2D eigenvalue weighted by atomic mass is 16.5. The normalized spacial score (nSPS) is 11.5. The third-order valence-corrected chi connectivity index (χ3v) is 5.30. The third-order valence-electron chi connectivity index (χ3n) is 5.30. The van der Waals surface area contributed by atoms with Crippen LogP contribution < -0.4 is 4.74 Å². The van der Waals surface area contributed by atoms with Crippen LogP contribution in [-0.4, -0.2) is 37.8 Å². The fourth-order valence-corrected chi connectivity index (χ4v) is 3.66. The first-order chi connectivity index (χ1) is 15.6. The summed E-state index contributed by atoms with van der Waals surface area (Å²) in [7, 11) is 1.53. The van der Waals surface area contributed by atoms with Gasteiger partial charge in [0.05, 0.1) is 18.4 Å². The number of benzene rings is 2. The molecule has 4 rings (SSSR count). The Morgan fingerprint density at radius 1 is 1.06 bits per heavy atom. The molecule has 0 aliphatic carbocycles. The van der Waals surface area contributed by atoms with E-state index in [1.807, 2.05) is 6.07 Å². The van der Waals surface area contributed by atoms with Crippen molar-refractivity contribution in [2.24, 2.45) is 5.41 Å². The number of hydrogen-bond acceptors (Lipinski definition) is 7. The molecule has 0 saturated heterocycles. The lowest BCUT2D eigenvalue weighted by molar-refractivity contribution is 0.0856. The Labute approximate surface area is 191 Å². The predicted molar refractivity (Wildman–Crippen MR) is 123 cm³/mol. The van der Waals surface area contributed by atoms with Gasteiger partial charge in [0.15, 0.2) is 11.5 Å². The topological polar surface area (TPSA) is 111 Å². The van der Waals surface area contributed by atoms with E-state index < -0.39 is 17.0 Å². The molecule has 0 radical (unpaired) electrons. The lowest BCUT2D eigenvalue weighted by Gasteiger charge is -2.19. The van der Waals surface area contributed by atoms with Crippen molar-refractivity contribution in [1.29, 1.82) is 0 Å². The molecular weight excluding hydrogens is 422 g/mol. The Hall–Kier alpha value is -4.07. The first-order valence-corrected chi connectivity index (χ1v) is 10.4. The molecule has 0 saturated carbocycles. The molecule has 0 spiro atoms. The van der Waals surface area contributed by atoms with Gasteiger partial charge in [-0.2, -0.15) is 4.98 Å². The van der Waals surface area contributed by atoms with Crippen LogP contribution >= 0.6 is 0 Å². The summed E-state index contributed by atoms with van der Waals surface area (Å²) >= 11 is 0. The number of rotatable bonds is 5. The monoisotopic (exact) mass is 447 g/mol. The molecule has 2 aromatic carbocycles. The molecule has 8 nitrogen and oxygen atoms in total. The van der Waals surface area contributed by atoms with Gasteiger partial charge in [0, 0.05) is 29.2 Å². The maximum absolute atomic E-state index is 13.4. The summed E-state index contributed by atoms with van der Waals surface area (Å²) in [6, 6.07) is 14.2. The fraction of sp³-hybridized carbons (Fsp3) is 0.240. The molecular formula is C25H25N3O5. The Morgan fingerprint density at radius 3 is 2.30 bits per heavy atom. The maximum Gasteiger partial charge on any atom is 0.240 e. The zero-order valence-corrected chi connectivity index (χ0v) is 19.1. The second-order valence-corrected chi connectivity index (χ2v) is 8.69. The summed E-state index contributed by atoms with van der Waals surface area (Å²) in [6.45, 7) is 6.99. The quantitative estimate of drug-likeness (QED) is 0.407. The zero-order chi connectivity index (χ0) is 23.9. The van der Waals surface area contributed by atoms with Crippen molar-refractivity contribution in [1.82, 2.24) is 14.7 Å². The fourth-order valence-electron chi connectivity index (χ4n) is 3.66. The molecule has 0 amide bonds. The maximum atomic E-state index is 13.4. The standard InChI is InChI=1S/C25H25N3O5/c1-14-26-23(27-33-14)15-10-12-16(13-11-15)28-20(17-8-6-7-9-18(17)32-5)19(21(29)24(28)31)22(30)25(2,3)4/h6-13,29,31H,1-5H3. The van der Waals surface area contributed by atoms with E-state index in [9.17, 15) is 15.0 Å². The SMILES string of the molecule is COc1ccccc1-c1c(C(=O)C(C)(C)C)c(O)c(O)n1-c1ccc(-c2noc(C)n2)cc1. The molecule has 0 fully saturated rings. The van der Waals surface area contributed by atoms with E-state index in [0.717, 1.165) is 5.56 Å². The van der Waals surface area contributed by atoms with Gasteiger partial charge in [-0.15, -0.1) is 0 Å². The largest absolute Gasteiger partial charge is 0.503 e. The zero-order valence-electron chi connectivity index (χ0n) is 19.1. The average Bonchev–Trinajstić information content (AvgIpc) is 3.34. The predicted octanol–water partition coefficient (Wildman–Crippen LogP) is 5.15. The van der Waals surface area contributed by atoms with E-state index in [1.165, 1.54) is 11.7 Å². The van der Waals surface area contributed by atoms with Gasteiger partial charge < -0.3 is 19.5 Å². The summed E-state index contributed by atoms with van der Waals surface area (Å²) in [6.07, 6.45) is 0. The molecule has 2 heterocycles. The second-order valence-electron chi connectivity index (χ2n) is 8.69. The molecule has 0 aliphatic heterocycles. The van der Waals surface area contributed by atoms with E-state index in [4.69, 9.17) is 9.26 Å². The molecule has 170 valence electrons. The summed E-state index contributed by atoms with van der Waals surface area (Å²) in [5.74, 6) is 0.158. The molecule has 0 unspecified atom stereocenters. The molecule has 0 aliphatic rings. The van der Waals surface area contributed by atoms with Crippen molar-refractivity contribution in [3.8, 4) is 45.7 Å². The molecule has 4 aromatic rings. The van der Waals surface area contributed by atoms with Crippen LogP contribution in [-0.2, 0) is 0 Å². The number of ketones is 1. The van der Waals surface area contributed by atoms with E-state index in [1.54, 1.807) is 70.2 Å². The van der Waals surface area contributed by atoms with Gasteiger partial charge in [-0.1, -0.05) is 38.1 Å². The average molecular weight is 447 g/mol. The number of aromatic nitrogens is 3. The van der Waals surface area contributed by atoms with Gasteiger partial charge in [-0.05, 0) is 36.4 Å². The van der Waals surface area contributed by atoms with Crippen LogP contribution in [0.15, 0.2) is 53.1 Å². The van der Waals surface area contributed by atoms with Gasteiger partial charge in [0.1, 0.15) is 5.75 Å². The number of Topliss-reactive ketones (excluding diaryl/α,β-unsaturated/α-hetero) is 1. The van der Waals surface area contributed by atoms with Crippen LogP contribution in [0, 0.1) is 12.3 Å². The van der Waals surface area contributed by atoms with Crippen LogP contribution in [0.25, 0.3) is 28.3 Å². The molecule has 0 bridgehead atoms. The Morgan fingerprint density at radius 2 is 1.73 bits per heavy atom. The van der Waals surface area contributed by atoms with Crippen molar-refractivity contribution in [3.05, 3.63) is 60.0 Å². The van der Waals surface area contributed by atoms with Crippen LogP contribution in [0.5, 0.6) is 17.4 Å². The van der Waals surface area contributed by atoms with Crippen LogP contribution in [0.4, 0.5) is 0 Å². The highest BCUT2D eigenvalue weighted by molar-refractivity contribution is 6.08. The van der Waals surface area contributed by atoms with E-state index in [-0.39, 0.29) is 11.3 Å². The summed E-state index contributed by atoms with van der Waals surface area (Å²) in [4.78, 5) is 17.6. The van der Waals surface area contributed by atoms with Crippen molar-refractivity contribution in [2.75, 3.05) is 7.11 Å². The van der Waals surface area contributed by atoms with Crippen LogP contribution in [0.2, 0.25) is 0 Å². The van der Waals surface area contributed by atoms with Gasteiger partial charge in [0.2, 0.25) is 17.6 Å². The molecule has 33 heavy (non-hydrogen) atoms. The van der Waals surface area contributed by atoms with E-state index in [2.05, 4.69) is 10.1 Å². The van der Waals surface area contributed by atoms with E-state index in [0.29, 0.717) is 34.4 Å². The number of carbonyl (C=O) groups excluding carboxylic acids is 1. The number of methoxy groups -OCH3 is 1. The smallest absolute Gasteiger partial charge is 0.240 e. The van der Waals surface area contributed by atoms with Gasteiger partial charge in [0.25, 0.3) is 0 Å². The van der Waals surface area contributed by atoms with Gasteiger partial charge in [-0.25, -0.2) is 0 Å². The summed E-state index contributed by atoms with van der Waals surface area (Å²) in [5, 5.41) is 25.8. The minimum atomic E-state index is -0.798. The number of nitrogens with zero attached hydrogens (tertiary/aromatic N) is 3. The van der Waals surface area contributed by atoms with Gasteiger partial charge in [-0.3, -0.25) is 9.36 Å². The highest BCUT2D eigenvalue weighted by Gasteiger charge is 2.35. The summed E-state index contributed by atoms with van der Waals surface area (Å²) in [5.41, 5.74) is 1.37. The third kappa shape index (κ3) is 3.84. The first-order valence-electron chi connectivity index (χ1n) is 10.4. The van der Waals surface area contributed by atoms with E-state index >= 15 is 0 Å². The molecule has 2 aromatic heterocycles. The number of hydrogen-bond donors (Lipinski definition) is 2. The molecule has 8 heteroatoms. The Balaban J connectivity index is 1.98. The molecule has 2 N–H and O–H groups in total. The lowest BCUT2D eigenvalue weighted by atomic mass is 9.85. The van der Waals surface area contributed by atoms with Crippen molar-refractivity contribution in [2.45, 2.75) is 27.7 Å². The highest BCUT2D eigenvalue weighted by Crippen LogP contribution is 2.47. The number of aromatic hydroxyl groups is 2. The van der Waals surface area contributed by atoms with Crippen LogP contribution in [0.1, 0.15) is 37.0 Å². The van der Waals surface area contributed by atoms with Gasteiger partial charge >= 0.3 is 0 Å². The van der Waals surface area contributed by atoms with Crippen molar-refractivity contribution in [3.63, 3.8) is 0 Å². The Bertz CT molecular complexity index is 1330.